The summed E-state index contributed by atoms with van der Waals surface area (Å²) in [6.45, 7) is 7.71. The van der Waals surface area contributed by atoms with Crippen LogP contribution in [0.1, 0.15) is 17.5 Å². The second-order valence-electron chi connectivity index (χ2n) is 7.58. The van der Waals surface area contributed by atoms with Gasteiger partial charge in [-0.1, -0.05) is 6.07 Å². The third-order valence-electron chi connectivity index (χ3n) is 5.46. The molecule has 1 fully saturated rings. The van der Waals surface area contributed by atoms with E-state index >= 15 is 0 Å². The monoisotopic (exact) mass is 410 g/mol. The molecule has 0 atom stereocenters. The molecule has 2 aromatic carbocycles. The molecule has 7 heteroatoms. The number of aryl methyl sites for hydroxylation is 1. The third kappa shape index (κ3) is 4.63. The van der Waals surface area contributed by atoms with Gasteiger partial charge in [-0.25, -0.2) is 4.39 Å². The highest BCUT2D eigenvalue weighted by atomic mass is 19.1. The molecule has 2 aromatic rings. The number of benzene rings is 2. The van der Waals surface area contributed by atoms with Crippen LogP contribution in [0.2, 0.25) is 0 Å². The summed E-state index contributed by atoms with van der Waals surface area (Å²) in [5.74, 6) is -0.718. The van der Waals surface area contributed by atoms with E-state index in [2.05, 4.69) is 20.9 Å². The Morgan fingerprint density at radius 2 is 2.07 bits per heavy atom. The molecule has 158 valence electrons. The van der Waals surface area contributed by atoms with E-state index in [-0.39, 0.29) is 5.91 Å². The Hall–Kier alpha value is -2.90. The maximum absolute atomic E-state index is 14.1. The minimum atomic E-state index is -0.410. The van der Waals surface area contributed by atoms with Crippen LogP contribution >= 0.6 is 0 Å². The zero-order valence-corrected chi connectivity index (χ0v) is 17.1. The molecule has 0 unspecified atom stereocenters. The number of rotatable bonds is 7. The van der Waals surface area contributed by atoms with Gasteiger partial charge in [-0.15, -0.1) is 0 Å². The van der Waals surface area contributed by atoms with Crippen LogP contribution in [-0.4, -0.2) is 50.2 Å². The molecule has 30 heavy (non-hydrogen) atoms. The molecule has 0 radical (unpaired) electrons. The number of amides is 1. The van der Waals surface area contributed by atoms with Gasteiger partial charge in [0.05, 0.1) is 24.5 Å². The molecular weight excluding hydrogens is 383 g/mol. The summed E-state index contributed by atoms with van der Waals surface area (Å²) in [5.41, 5.74) is 4.14. The SMILES string of the molecule is Cc1cc(N/C=C2\C(=O)Nc3cccc(F)c32)ccc1NCCCN1CCOCC1. The largest absolute Gasteiger partial charge is 0.385 e. The first-order valence-electron chi connectivity index (χ1n) is 10.3. The molecule has 2 heterocycles. The summed E-state index contributed by atoms with van der Waals surface area (Å²) < 4.78 is 19.5. The number of fused-ring (bicyclic) bond motifs is 1. The van der Waals surface area contributed by atoms with E-state index in [1.807, 2.05) is 25.1 Å². The molecule has 1 amide bonds. The number of anilines is 3. The van der Waals surface area contributed by atoms with Crippen LogP contribution in [-0.2, 0) is 9.53 Å². The van der Waals surface area contributed by atoms with Crippen molar-refractivity contribution in [1.82, 2.24) is 4.90 Å². The lowest BCUT2D eigenvalue weighted by molar-refractivity contribution is -0.110. The number of carbonyl (C=O) groups excluding carboxylic acids is 1. The fourth-order valence-corrected chi connectivity index (χ4v) is 3.80. The van der Waals surface area contributed by atoms with E-state index in [0.717, 1.165) is 62.8 Å². The van der Waals surface area contributed by atoms with E-state index in [9.17, 15) is 9.18 Å². The quantitative estimate of drug-likeness (QED) is 0.480. The molecule has 0 spiro atoms. The number of carbonyl (C=O) groups is 1. The number of morpholine rings is 1. The zero-order chi connectivity index (χ0) is 20.9. The van der Waals surface area contributed by atoms with Gasteiger partial charge in [-0.2, -0.15) is 0 Å². The maximum Gasteiger partial charge on any atom is 0.257 e. The number of nitrogens with zero attached hydrogens (tertiary/aromatic N) is 1. The number of halogens is 1. The second kappa shape index (κ2) is 9.28. The average molecular weight is 410 g/mol. The van der Waals surface area contributed by atoms with Gasteiger partial charge in [0.2, 0.25) is 0 Å². The van der Waals surface area contributed by atoms with E-state index in [1.165, 1.54) is 6.07 Å². The lowest BCUT2D eigenvalue weighted by Crippen LogP contribution is -2.37. The molecule has 6 nitrogen and oxygen atoms in total. The van der Waals surface area contributed by atoms with E-state index in [1.54, 1.807) is 18.3 Å². The van der Waals surface area contributed by atoms with Crippen molar-refractivity contribution in [2.75, 3.05) is 55.3 Å². The van der Waals surface area contributed by atoms with Crippen LogP contribution in [0.15, 0.2) is 42.6 Å². The van der Waals surface area contributed by atoms with Gasteiger partial charge in [0.1, 0.15) is 5.82 Å². The highest BCUT2D eigenvalue weighted by Gasteiger charge is 2.27. The standard InChI is InChI=1S/C23H27FN4O2/c1-16-14-17(6-7-20(16)25-8-3-9-28-10-12-30-13-11-28)26-15-18-22-19(24)4-2-5-21(22)27-23(18)29/h2,4-7,14-15,25-26H,3,8-13H2,1H3,(H,27,29)/b18-15-. The van der Waals surface area contributed by atoms with E-state index in [4.69, 9.17) is 4.74 Å². The Morgan fingerprint density at radius 1 is 1.23 bits per heavy atom. The summed E-state index contributed by atoms with van der Waals surface area (Å²) >= 11 is 0. The molecule has 3 N–H and O–H groups in total. The van der Waals surface area contributed by atoms with E-state index < -0.39 is 5.82 Å². The Kier molecular flexibility index (Phi) is 6.30. The van der Waals surface area contributed by atoms with Crippen molar-refractivity contribution in [2.45, 2.75) is 13.3 Å². The maximum atomic E-state index is 14.1. The highest BCUT2D eigenvalue weighted by molar-refractivity contribution is 6.31. The molecular formula is C23H27FN4O2. The molecule has 2 aliphatic rings. The summed E-state index contributed by atoms with van der Waals surface area (Å²) in [6.07, 6.45) is 2.64. The molecule has 1 saturated heterocycles. The normalized spacial score (nSPS) is 17.7. The second-order valence-corrected chi connectivity index (χ2v) is 7.58. The number of ether oxygens (including phenoxy) is 1. The Labute approximate surface area is 176 Å². The molecule has 0 aliphatic carbocycles. The van der Waals surface area contributed by atoms with Gasteiger partial charge in [-0.3, -0.25) is 9.69 Å². The first-order valence-corrected chi connectivity index (χ1v) is 10.3. The van der Waals surface area contributed by atoms with Crippen molar-refractivity contribution >= 4 is 28.5 Å². The summed E-state index contributed by atoms with van der Waals surface area (Å²) in [6, 6.07) is 10.6. The van der Waals surface area contributed by atoms with Gasteiger partial charge >= 0.3 is 0 Å². The van der Waals surface area contributed by atoms with Gasteiger partial charge in [0.15, 0.2) is 0 Å². The van der Waals surface area contributed by atoms with Gasteiger partial charge < -0.3 is 20.7 Å². The minimum Gasteiger partial charge on any atom is -0.385 e. The molecule has 0 aromatic heterocycles. The van der Waals surface area contributed by atoms with Crippen molar-refractivity contribution in [3.63, 3.8) is 0 Å². The number of nitrogens with one attached hydrogen (secondary N) is 3. The van der Waals surface area contributed by atoms with Crippen LogP contribution in [0.3, 0.4) is 0 Å². The smallest absolute Gasteiger partial charge is 0.257 e. The summed E-state index contributed by atoms with van der Waals surface area (Å²) in [4.78, 5) is 14.6. The predicted molar refractivity (Wildman–Crippen MR) is 118 cm³/mol. The summed E-state index contributed by atoms with van der Waals surface area (Å²) in [5, 5.41) is 9.31. The fraction of sp³-hybridized carbons (Fsp3) is 0.348. The molecule has 4 rings (SSSR count). The lowest BCUT2D eigenvalue weighted by atomic mass is 10.1. The highest BCUT2D eigenvalue weighted by Crippen LogP contribution is 2.33. The first kappa shape index (κ1) is 20.4. The van der Waals surface area contributed by atoms with Gasteiger partial charge in [0, 0.05) is 42.8 Å². The average Bonchev–Trinajstić information content (AvgIpc) is 3.08. The van der Waals surface area contributed by atoms with E-state index in [0.29, 0.717) is 16.8 Å². The number of hydrogen-bond acceptors (Lipinski definition) is 5. The Balaban J connectivity index is 1.34. The van der Waals surface area contributed by atoms with Crippen molar-refractivity contribution in [2.24, 2.45) is 0 Å². The minimum absolute atomic E-state index is 0.297. The molecule has 2 aliphatic heterocycles. The molecule has 0 saturated carbocycles. The van der Waals surface area contributed by atoms with Crippen LogP contribution in [0.25, 0.3) is 5.57 Å². The van der Waals surface area contributed by atoms with Crippen molar-refractivity contribution < 1.29 is 13.9 Å². The van der Waals surface area contributed by atoms with Crippen molar-refractivity contribution in [3.8, 4) is 0 Å². The van der Waals surface area contributed by atoms with Crippen LogP contribution in [0.4, 0.5) is 21.5 Å². The van der Waals surface area contributed by atoms with Crippen LogP contribution in [0, 0.1) is 12.7 Å². The third-order valence-corrected chi connectivity index (χ3v) is 5.46. The van der Waals surface area contributed by atoms with Gasteiger partial charge in [-0.05, 0) is 55.8 Å². The fourth-order valence-electron chi connectivity index (χ4n) is 3.80. The Bertz CT molecular complexity index is 954. The van der Waals surface area contributed by atoms with Crippen molar-refractivity contribution in [3.05, 3.63) is 59.5 Å². The predicted octanol–water partition coefficient (Wildman–Crippen LogP) is 3.67. The Morgan fingerprint density at radius 3 is 2.87 bits per heavy atom. The van der Waals surface area contributed by atoms with Gasteiger partial charge in [0.25, 0.3) is 5.91 Å². The number of hydrogen-bond donors (Lipinski definition) is 3. The first-order chi connectivity index (χ1) is 14.6. The summed E-state index contributed by atoms with van der Waals surface area (Å²) in [7, 11) is 0. The van der Waals surface area contributed by atoms with Crippen LogP contribution in [0.5, 0.6) is 0 Å². The lowest BCUT2D eigenvalue weighted by Gasteiger charge is -2.26. The topological polar surface area (TPSA) is 65.6 Å². The zero-order valence-electron chi connectivity index (χ0n) is 17.1. The molecule has 0 bridgehead atoms. The van der Waals surface area contributed by atoms with Crippen LogP contribution < -0.4 is 16.0 Å². The van der Waals surface area contributed by atoms with Crippen molar-refractivity contribution in [1.29, 1.82) is 0 Å².